The summed E-state index contributed by atoms with van der Waals surface area (Å²) in [7, 11) is 0. The van der Waals surface area contributed by atoms with Crippen LogP contribution in [0.25, 0.3) is 0 Å². The first-order valence-electron chi connectivity index (χ1n) is 4.13. The van der Waals surface area contributed by atoms with Crippen molar-refractivity contribution in [2.45, 2.75) is 26.2 Å². The van der Waals surface area contributed by atoms with Gasteiger partial charge >= 0.3 is 0 Å². The first kappa shape index (κ1) is 10.1. The number of aromatic nitrogens is 2. The standard InChI is InChI=1S/C9H11ClN2O/c1-3-8(6(2)13)9-11-4-7(10)5-12-9/h4-5,8H,3H2,1-2H3. The van der Waals surface area contributed by atoms with E-state index >= 15 is 0 Å². The summed E-state index contributed by atoms with van der Waals surface area (Å²) in [6, 6.07) is 0. The summed E-state index contributed by atoms with van der Waals surface area (Å²) >= 11 is 5.63. The molecule has 0 saturated heterocycles. The van der Waals surface area contributed by atoms with Gasteiger partial charge in [0.25, 0.3) is 0 Å². The Kier molecular flexibility index (Phi) is 3.37. The quantitative estimate of drug-likeness (QED) is 0.748. The Balaban J connectivity index is 2.92. The van der Waals surface area contributed by atoms with Gasteiger partial charge in [-0.25, -0.2) is 9.97 Å². The second-order valence-electron chi connectivity index (χ2n) is 2.83. The van der Waals surface area contributed by atoms with Crippen LogP contribution in [0.3, 0.4) is 0 Å². The number of Topliss-reactive ketones (excluding diaryl/α,β-unsaturated/α-hetero) is 1. The van der Waals surface area contributed by atoms with Crippen LogP contribution < -0.4 is 0 Å². The molecule has 0 aliphatic carbocycles. The van der Waals surface area contributed by atoms with Crippen molar-refractivity contribution in [2.24, 2.45) is 0 Å². The highest BCUT2D eigenvalue weighted by Gasteiger charge is 2.16. The van der Waals surface area contributed by atoms with Crippen molar-refractivity contribution < 1.29 is 4.79 Å². The van der Waals surface area contributed by atoms with Crippen LogP contribution >= 0.6 is 11.6 Å². The van der Waals surface area contributed by atoms with E-state index < -0.39 is 0 Å². The Bertz CT molecular complexity index is 297. The van der Waals surface area contributed by atoms with Gasteiger partial charge in [-0.3, -0.25) is 4.79 Å². The SMILES string of the molecule is CCC(C(C)=O)c1ncc(Cl)cn1. The van der Waals surface area contributed by atoms with Crippen molar-refractivity contribution in [3.8, 4) is 0 Å². The molecule has 70 valence electrons. The molecule has 0 bridgehead atoms. The minimum Gasteiger partial charge on any atom is -0.299 e. The van der Waals surface area contributed by atoms with Crippen molar-refractivity contribution in [3.05, 3.63) is 23.2 Å². The average molecular weight is 199 g/mol. The zero-order valence-corrected chi connectivity index (χ0v) is 8.38. The summed E-state index contributed by atoms with van der Waals surface area (Å²) in [6.45, 7) is 3.48. The lowest BCUT2D eigenvalue weighted by Crippen LogP contribution is -2.11. The molecule has 1 heterocycles. The molecule has 1 aromatic rings. The lowest BCUT2D eigenvalue weighted by molar-refractivity contribution is -0.118. The highest BCUT2D eigenvalue weighted by Crippen LogP contribution is 2.16. The Morgan fingerprint density at radius 3 is 2.46 bits per heavy atom. The Morgan fingerprint density at radius 2 is 2.08 bits per heavy atom. The lowest BCUT2D eigenvalue weighted by atomic mass is 10.0. The van der Waals surface area contributed by atoms with Crippen molar-refractivity contribution in [2.75, 3.05) is 0 Å². The van der Waals surface area contributed by atoms with Gasteiger partial charge in [0.15, 0.2) is 0 Å². The fraction of sp³-hybridized carbons (Fsp3) is 0.444. The Morgan fingerprint density at radius 1 is 1.54 bits per heavy atom. The van der Waals surface area contributed by atoms with Crippen molar-refractivity contribution in [3.63, 3.8) is 0 Å². The number of hydrogen-bond donors (Lipinski definition) is 0. The molecule has 3 nitrogen and oxygen atoms in total. The highest BCUT2D eigenvalue weighted by molar-refractivity contribution is 6.30. The van der Waals surface area contributed by atoms with Crippen molar-refractivity contribution in [1.82, 2.24) is 9.97 Å². The van der Waals surface area contributed by atoms with Gasteiger partial charge in [-0.2, -0.15) is 0 Å². The second kappa shape index (κ2) is 4.33. The van der Waals surface area contributed by atoms with Crippen LogP contribution in [0.5, 0.6) is 0 Å². The first-order chi connectivity index (χ1) is 6.15. The minimum absolute atomic E-state index is 0.0878. The zero-order chi connectivity index (χ0) is 9.84. The van der Waals surface area contributed by atoms with Gasteiger partial charge in [0, 0.05) is 12.4 Å². The lowest BCUT2D eigenvalue weighted by Gasteiger charge is -2.08. The summed E-state index contributed by atoms with van der Waals surface area (Å²) in [6.07, 6.45) is 3.74. The molecule has 1 aromatic heterocycles. The number of ketones is 1. The number of hydrogen-bond acceptors (Lipinski definition) is 3. The van der Waals surface area contributed by atoms with E-state index in [2.05, 4.69) is 9.97 Å². The minimum atomic E-state index is -0.197. The van der Waals surface area contributed by atoms with E-state index in [0.717, 1.165) is 6.42 Å². The molecule has 0 aromatic carbocycles. The number of carbonyl (C=O) groups is 1. The van der Waals surface area contributed by atoms with Crippen LogP contribution in [0.2, 0.25) is 5.02 Å². The molecule has 4 heteroatoms. The van der Waals surface area contributed by atoms with Gasteiger partial charge in [-0.1, -0.05) is 18.5 Å². The van der Waals surface area contributed by atoms with Crippen LogP contribution in [-0.4, -0.2) is 15.8 Å². The molecule has 0 saturated carbocycles. The normalized spacial score (nSPS) is 12.5. The third-order valence-corrected chi connectivity index (χ3v) is 2.05. The zero-order valence-electron chi connectivity index (χ0n) is 7.62. The third-order valence-electron chi connectivity index (χ3n) is 1.85. The van der Waals surface area contributed by atoms with Crippen molar-refractivity contribution in [1.29, 1.82) is 0 Å². The molecule has 0 aliphatic rings. The van der Waals surface area contributed by atoms with Crippen molar-refractivity contribution >= 4 is 17.4 Å². The Hall–Kier alpha value is -0.960. The van der Waals surface area contributed by atoms with Crippen LogP contribution in [0.15, 0.2) is 12.4 Å². The maximum Gasteiger partial charge on any atom is 0.140 e. The molecule has 1 rings (SSSR count). The summed E-state index contributed by atoms with van der Waals surface area (Å²) in [5, 5.41) is 0.488. The first-order valence-corrected chi connectivity index (χ1v) is 4.50. The van der Waals surface area contributed by atoms with E-state index in [4.69, 9.17) is 11.6 Å². The number of nitrogens with zero attached hydrogens (tertiary/aromatic N) is 2. The van der Waals surface area contributed by atoms with E-state index in [1.54, 1.807) is 6.92 Å². The molecule has 0 N–H and O–H groups in total. The molecule has 13 heavy (non-hydrogen) atoms. The maximum absolute atomic E-state index is 11.1. The highest BCUT2D eigenvalue weighted by atomic mass is 35.5. The van der Waals surface area contributed by atoms with E-state index in [1.165, 1.54) is 12.4 Å². The monoisotopic (exact) mass is 198 g/mol. The fourth-order valence-electron chi connectivity index (χ4n) is 1.15. The predicted molar refractivity (Wildman–Crippen MR) is 50.8 cm³/mol. The second-order valence-corrected chi connectivity index (χ2v) is 3.27. The van der Waals surface area contributed by atoms with E-state index in [-0.39, 0.29) is 11.7 Å². The smallest absolute Gasteiger partial charge is 0.140 e. The molecule has 1 unspecified atom stereocenters. The van der Waals surface area contributed by atoms with E-state index in [0.29, 0.717) is 10.8 Å². The Labute approximate surface area is 82.2 Å². The molecular weight excluding hydrogens is 188 g/mol. The van der Waals surface area contributed by atoms with E-state index in [9.17, 15) is 4.79 Å². The average Bonchev–Trinajstić information content (AvgIpc) is 2.09. The predicted octanol–water partition coefficient (Wildman–Crippen LogP) is 2.21. The third kappa shape index (κ3) is 2.49. The maximum atomic E-state index is 11.1. The van der Waals surface area contributed by atoms with Crippen LogP contribution in [0.1, 0.15) is 32.0 Å². The number of rotatable bonds is 3. The topological polar surface area (TPSA) is 42.9 Å². The summed E-state index contributed by atoms with van der Waals surface area (Å²) in [5.74, 6) is 0.446. The molecule has 0 fully saturated rings. The molecule has 1 atom stereocenters. The van der Waals surface area contributed by atoms with Gasteiger partial charge < -0.3 is 0 Å². The van der Waals surface area contributed by atoms with Gasteiger partial charge in [-0.15, -0.1) is 0 Å². The molecule has 0 amide bonds. The van der Waals surface area contributed by atoms with Crippen LogP contribution in [-0.2, 0) is 4.79 Å². The fourth-order valence-corrected chi connectivity index (χ4v) is 1.25. The summed E-state index contributed by atoms with van der Waals surface area (Å²) in [5.41, 5.74) is 0. The number of halogens is 1. The van der Waals surface area contributed by atoms with Gasteiger partial charge in [0.1, 0.15) is 11.6 Å². The molecule has 0 aliphatic heterocycles. The number of carbonyl (C=O) groups excluding carboxylic acids is 1. The summed E-state index contributed by atoms with van der Waals surface area (Å²) in [4.78, 5) is 19.2. The van der Waals surface area contributed by atoms with Gasteiger partial charge in [-0.05, 0) is 13.3 Å². The van der Waals surface area contributed by atoms with Crippen LogP contribution in [0, 0.1) is 0 Å². The van der Waals surface area contributed by atoms with Gasteiger partial charge in [0.2, 0.25) is 0 Å². The summed E-state index contributed by atoms with van der Waals surface area (Å²) < 4.78 is 0. The molecular formula is C9H11ClN2O. The van der Waals surface area contributed by atoms with Gasteiger partial charge in [0.05, 0.1) is 10.9 Å². The molecule has 0 spiro atoms. The largest absolute Gasteiger partial charge is 0.299 e. The van der Waals surface area contributed by atoms with E-state index in [1.807, 2.05) is 6.92 Å². The molecule has 0 radical (unpaired) electrons. The van der Waals surface area contributed by atoms with Crippen LogP contribution in [0.4, 0.5) is 0 Å².